The van der Waals surface area contributed by atoms with Crippen molar-refractivity contribution in [2.45, 2.75) is 26.2 Å². The molecule has 1 amide bonds. The van der Waals surface area contributed by atoms with Crippen LogP contribution < -0.4 is 10.2 Å². The minimum Gasteiger partial charge on any atom is -0.369 e. The first-order chi connectivity index (χ1) is 10.2. The Bertz CT molecular complexity index is 491. The molecule has 1 aromatic rings. The third kappa shape index (κ3) is 3.97. The molecule has 1 aliphatic carbocycles. The maximum Gasteiger partial charge on any atom is 0.224 e. The van der Waals surface area contributed by atoms with E-state index in [1.165, 1.54) is 25.1 Å². The van der Waals surface area contributed by atoms with E-state index in [0.29, 0.717) is 6.42 Å². The molecule has 1 aromatic carbocycles. The van der Waals surface area contributed by atoms with Gasteiger partial charge in [0.25, 0.3) is 0 Å². The SMILES string of the molecule is CCC(=O)Nc1cccc(N2CCN(CC3CC3)CC2)c1. The second-order valence-corrected chi connectivity index (χ2v) is 6.18. The summed E-state index contributed by atoms with van der Waals surface area (Å²) in [7, 11) is 0. The fourth-order valence-electron chi connectivity index (χ4n) is 2.88. The van der Waals surface area contributed by atoms with Crippen LogP contribution in [0.25, 0.3) is 0 Å². The Labute approximate surface area is 127 Å². The van der Waals surface area contributed by atoms with Crippen molar-refractivity contribution in [3.05, 3.63) is 24.3 Å². The first-order valence-corrected chi connectivity index (χ1v) is 8.12. The van der Waals surface area contributed by atoms with Crippen LogP contribution in [0.1, 0.15) is 26.2 Å². The van der Waals surface area contributed by atoms with Crippen LogP contribution in [0.3, 0.4) is 0 Å². The molecular formula is C17H25N3O. The number of hydrogen-bond donors (Lipinski definition) is 1. The summed E-state index contributed by atoms with van der Waals surface area (Å²) in [6, 6.07) is 8.21. The summed E-state index contributed by atoms with van der Waals surface area (Å²) >= 11 is 0. The molecular weight excluding hydrogens is 262 g/mol. The second kappa shape index (κ2) is 6.48. The largest absolute Gasteiger partial charge is 0.369 e. The maximum atomic E-state index is 11.5. The Morgan fingerprint density at radius 1 is 1.24 bits per heavy atom. The number of benzene rings is 1. The van der Waals surface area contributed by atoms with Crippen molar-refractivity contribution in [1.29, 1.82) is 0 Å². The highest BCUT2D eigenvalue weighted by Crippen LogP contribution is 2.30. The molecule has 4 heteroatoms. The van der Waals surface area contributed by atoms with Gasteiger partial charge in [-0.1, -0.05) is 13.0 Å². The highest BCUT2D eigenvalue weighted by molar-refractivity contribution is 5.91. The van der Waals surface area contributed by atoms with Crippen LogP contribution >= 0.6 is 0 Å². The summed E-state index contributed by atoms with van der Waals surface area (Å²) in [5.41, 5.74) is 2.12. The van der Waals surface area contributed by atoms with E-state index in [1.807, 2.05) is 19.1 Å². The van der Waals surface area contributed by atoms with Gasteiger partial charge in [0, 0.05) is 50.5 Å². The molecule has 1 saturated carbocycles. The molecule has 3 rings (SSSR count). The van der Waals surface area contributed by atoms with Crippen molar-refractivity contribution >= 4 is 17.3 Å². The van der Waals surface area contributed by atoms with Crippen molar-refractivity contribution in [2.75, 3.05) is 42.9 Å². The van der Waals surface area contributed by atoms with Crippen LogP contribution in [-0.2, 0) is 4.79 Å². The van der Waals surface area contributed by atoms with Crippen molar-refractivity contribution in [1.82, 2.24) is 4.90 Å². The normalized spacial score (nSPS) is 19.6. The smallest absolute Gasteiger partial charge is 0.224 e. The summed E-state index contributed by atoms with van der Waals surface area (Å²) in [5, 5.41) is 2.94. The number of carbonyl (C=O) groups is 1. The van der Waals surface area contributed by atoms with Crippen LogP contribution in [0, 0.1) is 5.92 Å². The van der Waals surface area contributed by atoms with Crippen LogP contribution in [0.15, 0.2) is 24.3 Å². The highest BCUT2D eigenvalue weighted by Gasteiger charge is 2.26. The number of carbonyl (C=O) groups excluding carboxylic acids is 1. The van der Waals surface area contributed by atoms with E-state index in [1.54, 1.807) is 0 Å². The van der Waals surface area contributed by atoms with Crippen molar-refractivity contribution in [2.24, 2.45) is 5.92 Å². The van der Waals surface area contributed by atoms with Gasteiger partial charge >= 0.3 is 0 Å². The standard InChI is InChI=1S/C17H25N3O/c1-2-17(21)18-15-4-3-5-16(12-15)20-10-8-19(9-11-20)13-14-6-7-14/h3-5,12,14H,2,6-11,13H2,1H3,(H,18,21). The van der Waals surface area contributed by atoms with Crippen LogP contribution in [0.2, 0.25) is 0 Å². The van der Waals surface area contributed by atoms with E-state index in [2.05, 4.69) is 27.2 Å². The molecule has 0 unspecified atom stereocenters. The number of anilines is 2. The first kappa shape index (κ1) is 14.4. The molecule has 0 spiro atoms. The lowest BCUT2D eigenvalue weighted by atomic mass is 10.2. The van der Waals surface area contributed by atoms with Crippen LogP contribution in [0.4, 0.5) is 11.4 Å². The number of amides is 1. The molecule has 1 heterocycles. The van der Waals surface area contributed by atoms with E-state index < -0.39 is 0 Å². The zero-order chi connectivity index (χ0) is 14.7. The number of nitrogens with one attached hydrogen (secondary N) is 1. The van der Waals surface area contributed by atoms with Gasteiger partial charge in [0.1, 0.15) is 0 Å². The van der Waals surface area contributed by atoms with Crippen LogP contribution in [-0.4, -0.2) is 43.5 Å². The lowest BCUT2D eigenvalue weighted by molar-refractivity contribution is -0.115. The van der Waals surface area contributed by atoms with Gasteiger partial charge in [-0.2, -0.15) is 0 Å². The van der Waals surface area contributed by atoms with E-state index >= 15 is 0 Å². The number of nitrogens with zero attached hydrogens (tertiary/aromatic N) is 2. The minimum atomic E-state index is 0.0707. The van der Waals surface area contributed by atoms with E-state index in [-0.39, 0.29) is 5.91 Å². The Kier molecular flexibility index (Phi) is 4.44. The van der Waals surface area contributed by atoms with Gasteiger partial charge in [0.15, 0.2) is 0 Å². The van der Waals surface area contributed by atoms with Gasteiger partial charge in [0.05, 0.1) is 0 Å². The van der Waals surface area contributed by atoms with Gasteiger partial charge in [-0.05, 0) is 37.0 Å². The van der Waals surface area contributed by atoms with Gasteiger partial charge in [0.2, 0.25) is 5.91 Å². The molecule has 0 atom stereocenters. The number of hydrogen-bond acceptors (Lipinski definition) is 3. The fourth-order valence-corrected chi connectivity index (χ4v) is 2.88. The summed E-state index contributed by atoms with van der Waals surface area (Å²) in [4.78, 5) is 16.5. The summed E-state index contributed by atoms with van der Waals surface area (Å²) in [5.74, 6) is 1.05. The monoisotopic (exact) mass is 287 g/mol. The summed E-state index contributed by atoms with van der Waals surface area (Å²) in [6.45, 7) is 7.64. The van der Waals surface area contributed by atoms with E-state index in [9.17, 15) is 4.79 Å². The molecule has 2 fully saturated rings. The third-order valence-electron chi connectivity index (χ3n) is 4.40. The Hall–Kier alpha value is -1.55. The van der Waals surface area contributed by atoms with Gasteiger partial charge < -0.3 is 10.2 Å². The summed E-state index contributed by atoms with van der Waals surface area (Å²) < 4.78 is 0. The Morgan fingerprint density at radius 2 is 2.00 bits per heavy atom. The van der Waals surface area contributed by atoms with Gasteiger partial charge in [-0.3, -0.25) is 9.69 Å². The molecule has 0 aromatic heterocycles. The molecule has 1 N–H and O–H groups in total. The zero-order valence-electron chi connectivity index (χ0n) is 12.8. The zero-order valence-corrected chi connectivity index (χ0v) is 12.8. The van der Waals surface area contributed by atoms with Gasteiger partial charge in [-0.25, -0.2) is 0 Å². The number of piperazine rings is 1. The van der Waals surface area contributed by atoms with Gasteiger partial charge in [-0.15, -0.1) is 0 Å². The van der Waals surface area contributed by atoms with E-state index in [4.69, 9.17) is 0 Å². The molecule has 1 aliphatic heterocycles. The molecule has 0 radical (unpaired) electrons. The average Bonchev–Trinajstić information content (AvgIpc) is 3.32. The Balaban J connectivity index is 1.56. The molecule has 2 aliphatic rings. The first-order valence-electron chi connectivity index (χ1n) is 8.12. The van der Waals surface area contributed by atoms with Crippen molar-refractivity contribution in [3.63, 3.8) is 0 Å². The predicted molar refractivity (Wildman–Crippen MR) is 86.7 cm³/mol. The maximum absolute atomic E-state index is 11.5. The Morgan fingerprint density at radius 3 is 2.67 bits per heavy atom. The average molecular weight is 287 g/mol. The molecule has 114 valence electrons. The minimum absolute atomic E-state index is 0.0707. The second-order valence-electron chi connectivity index (χ2n) is 6.18. The van der Waals surface area contributed by atoms with Crippen molar-refractivity contribution in [3.8, 4) is 0 Å². The summed E-state index contributed by atoms with van der Waals surface area (Å²) in [6.07, 6.45) is 3.38. The third-order valence-corrected chi connectivity index (χ3v) is 4.40. The molecule has 0 bridgehead atoms. The fraction of sp³-hybridized carbons (Fsp3) is 0.588. The highest BCUT2D eigenvalue weighted by atomic mass is 16.1. The van der Waals surface area contributed by atoms with Crippen molar-refractivity contribution < 1.29 is 4.79 Å². The molecule has 21 heavy (non-hydrogen) atoms. The number of rotatable bonds is 5. The lowest BCUT2D eigenvalue weighted by Gasteiger charge is -2.36. The predicted octanol–water partition coefficient (Wildman–Crippen LogP) is 2.57. The molecule has 4 nitrogen and oxygen atoms in total. The van der Waals surface area contributed by atoms with Crippen LogP contribution in [0.5, 0.6) is 0 Å². The van der Waals surface area contributed by atoms with E-state index in [0.717, 1.165) is 37.8 Å². The molecule has 1 saturated heterocycles. The topological polar surface area (TPSA) is 35.6 Å². The lowest BCUT2D eigenvalue weighted by Crippen LogP contribution is -2.47. The quantitative estimate of drug-likeness (QED) is 0.904.